The molecule has 0 aliphatic carbocycles. The van der Waals surface area contributed by atoms with E-state index in [1.165, 1.54) is 0 Å². The molecule has 4 aliphatic rings. The van der Waals surface area contributed by atoms with Crippen LogP contribution in [-0.2, 0) is 0 Å². The first-order valence-electron chi connectivity index (χ1n) is 16.6. The van der Waals surface area contributed by atoms with Crippen LogP contribution in [0, 0.1) is 0 Å². The van der Waals surface area contributed by atoms with Gasteiger partial charge in [-0.1, -0.05) is 52.0 Å². The van der Waals surface area contributed by atoms with Gasteiger partial charge in [0, 0.05) is 34.1 Å². The van der Waals surface area contributed by atoms with Gasteiger partial charge < -0.3 is 37.9 Å². The molecule has 238 valence electrons. The monoisotopic (exact) mass is 622 g/mol. The van der Waals surface area contributed by atoms with Crippen LogP contribution in [0.1, 0.15) is 87.5 Å². The van der Waals surface area contributed by atoms with Crippen molar-refractivity contribution in [3.63, 3.8) is 0 Å². The standard InChI is InChI=1S/C38H38O8/c1-5-17-39-25-13-9-21(31-35(25)43-31)29(22-10-14-26(40-18-6-2)36-32(22)44-36)30(23-11-15-27(41-19-7-3)37-33(23)45-37)24-12-16-28(42-20-8-4)38-34(24)46-38/h9-16,29-30H,5-8,17-20H2,1-4H3. The van der Waals surface area contributed by atoms with E-state index in [0.29, 0.717) is 26.4 Å². The number of ether oxygens (including phenoxy) is 8. The van der Waals surface area contributed by atoms with E-state index in [1.807, 2.05) is 24.3 Å². The fourth-order valence-electron chi connectivity index (χ4n) is 6.32. The maximum Gasteiger partial charge on any atom is 0.212 e. The molecule has 8 nitrogen and oxygen atoms in total. The van der Waals surface area contributed by atoms with Crippen LogP contribution in [0.5, 0.6) is 69.0 Å². The van der Waals surface area contributed by atoms with Gasteiger partial charge in [0.2, 0.25) is 23.0 Å². The lowest BCUT2D eigenvalue weighted by atomic mass is 9.73. The molecule has 8 rings (SSSR count). The van der Waals surface area contributed by atoms with E-state index in [4.69, 9.17) is 37.9 Å². The van der Waals surface area contributed by atoms with Gasteiger partial charge in [0.15, 0.2) is 46.0 Å². The van der Waals surface area contributed by atoms with Crippen molar-refractivity contribution in [2.75, 3.05) is 26.4 Å². The smallest absolute Gasteiger partial charge is 0.212 e. The Labute approximate surface area is 269 Å². The molecular weight excluding hydrogens is 584 g/mol. The summed E-state index contributed by atoms with van der Waals surface area (Å²) in [4.78, 5) is 0. The van der Waals surface area contributed by atoms with Gasteiger partial charge >= 0.3 is 0 Å². The van der Waals surface area contributed by atoms with Crippen molar-refractivity contribution < 1.29 is 37.9 Å². The first-order chi connectivity index (χ1) is 22.7. The van der Waals surface area contributed by atoms with Gasteiger partial charge in [-0.15, -0.1) is 0 Å². The summed E-state index contributed by atoms with van der Waals surface area (Å²) in [5, 5.41) is 0. The highest BCUT2D eigenvalue weighted by Gasteiger charge is 2.48. The van der Waals surface area contributed by atoms with Crippen LogP contribution in [0.2, 0.25) is 0 Å². The molecule has 0 aromatic heterocycles. The van der Waals surface area contributed by atoms with Gasteiger partial charge in [0.05, 0.1) is 26.4 Å². The summed E-state index contributed by atoms with van der Waals surface area (Å²) in [5.41, 5.74) is 4.19. The average Bonchev–Trinajstić information content (AvgIpc) is 3.90. The van der Waals surface area contributed by atoms with Crippen molar-refractivity contribution in [2.45, 2.75) is 65.2 Å². The molecule has 8 heteroatoms. The molecule has 0 fully saturated rings. The van der Waals surface area contributed by atoms with Gasteiger partial charge in [-0.05, 0) is 49.9 Å². The number of fused-ring (bicyclic) bond motifs is 4. The molecular formula is C38H38O8. The van der Waals surface area contributed by atoms with Crippen molar-refractivity contribution in [3.8, 4) is 69.0 Å². The van der Waals surface area contributed by atoms with E-state index in [0.717, 1.165) is 117 Å². The Bertz CT molecular complexity index is 1560. The lowest BCUT2D eigenvalue weighted by Crippen LogP contribution is -2.13. The minimum absolute atomic E-state index is 0.209. The Balaban J connectivity index is 1.28. The van der Waals surface area contributed by atoms with Crippen molar-refractivity contribution in [1.82, 2.24) is 0 Å². The topological polar surface area (TPSA) is 87.0 Å². The average molecular weight is 623 g/mol. The fraction of sp³-hybridized carbons (Fsp3) is 0.368. The van der Waals surface area contributed by atoms with Crippen LogP contribution in [0.15, 0.2) is 48.5 Å². The second-order valence-electron chi connectivity index (χ2n) is 12.0. The molecule has 0 spiro atoms. The minimum Gasteiger partial charge on any atom is -0.490 e. The van der Waals surface area contributed by atoms with Crippen molar-refractivity contribution in [3.05, 3.63) is 70.8 Å². The summed E-state index contributed by atoms with van der Waals surface area (Å²) in [6, 6.07) is 16.6. The summed E-state index contributed by atoms with van der Waals surface area (Å²) in [5.74, 6) is 9.24. The van der Waals surface area contributed by atoms with Crippen LogP contribution in [0.3, 0.4) is 0 Å². The van der Waals surface area contributed by atoms with Gasteiger partial charge in [-0.3, -0.25) is 0 Å². The predicted molar refractivity (Wildman–Crippen MR) is 173 cm³/mol. The number of rotatable bonds is 17. The van der Waals surface area contributed by atoms with Crippen LogP contribution >= 0.6 is 0 Å². The number of hydrogen-bond donors (Lipinski definition) is 0. The lowest BCUT2D eigenvalue weighted by Gasteiger charge is -2.27. The molecule has 0 unspecified atom stereocenters. The highest BCUT2D eigenvalue weighted by molar-refractivity contribution is 5.77. The molecule has 0 saturated carbocycles. The highest BCUT2D eigenvalue weighted by atomic mass is 16.6. The summed E-state index contributed by atoms with van der Waals surface area (Å²) in [7, 11) is 0. The molecule has 0 saturated heterocycles. The Morgan fingerprint density at radius 2 is 0.609 bits per heavy atom. The van der Waals surface area contributed by atoms with E-state index >= 15 is 0 Å². The zero-order valence-corrected chi connectivity index (χ0v) is 26.7. The molecule has 4 aromatic rings. The first kappa shape index (κ1) is 28.7. The van der Waals surface area contributed by atoms with E-state index in [-0.39, 0.29) is 11.8 Å². The fourth-order valence-corrected chi connectivity index (χ4v) is 6.32. The SMILES string of the molecule is CCCOc1ccc(C(c2ccc(OCCC)c3c2O3)C(c2ccc(OCCC)c3c2O3)c2ccc(OCCC)c3c2O3)c2c1O2. The zero-order chi connectivity index (χ0) is 31.4. The summed E-state index contributed by atoms with van der Waals surface area (Å²) < 4.78 is 48.7. The molecule has 0 radical (unpaired) electrons. The normalized spacial score (nSPS) is 13.3. The molecule has 0 amide bonds. The molecule has 4 aromatic carbocycles. The van der Waals surface area contributed by atoms with E-state index in [2.05, 4.69) is 52.0 Å². The van der Waals surface area contributed by atoms with E-state index < -0.39 is 0 Å². The lowest BCUT2D eigenvalue weighted by molar-refractivity contribution is 0.314. The van der Waals surface area contributed by atoms with Gasteiger partial charge in [0.25, 0.3) is 0 Å². The maximum atomic E-state index is 6.18. The van der Waals surface area contributed by atoms with Gasteiger partial charge in [-0.25, -0.2) is 0 Å². The third-order valence-electron chi connectivity index (χ3n) is 8.60. The summed E-state index contributed by atoms with van der Waals surface area (Å²) >= 11 is 0. The summed E-state index contributed by atoms with van der Waals surface area (Å²) in [6.45, 7) is 10.9. The Morgan fingerprint density at radius 1 is 0.370 bits per heavy atom. The number of hydrogen-bond acceptors (Lipinski definition) is 8. The quantitative estimate of drug-likeness (QED) is 0.0927. The molecule has 0 atom stereocenters. The van der Waals surface area contributed by atoms with Crippen molar-refractivity contribution in [1.29, 1.82) is 0 Å². The second kappa shape index (κ2) is 11.6. The van der Waals surface area contributed by atoms with Crippen LogP contribution in [-0.4, -0.2) is 26.4 Å². The third-order valence-corrected chi connectivity index (χ3v) is 8.60. The van der Waals surface area contributed by atoms with Crippen molar-refractivity contribution >= 4 is 0 Å². The molecule has 46 heavy (non-hydrogen) atoms. The second-order valence-corrected chi connectivity index (χ2v) is 12.0. The zero-order valence-electron chi connectivity index (χ0n) is 26.7. The Morgan fingerprint density at radius 3 is 0.826 bits per heavy atom. The van der Waals surface area contributed by atoms with E-state index in [9.17, 15) is 0 Å². The largest absolute Gasteiger partial charge is 0.490 e. The third kappa shape index (κ3) is 5.00. The van der Waals surface area contributed by atoms with Gasteiger partial charge in [-0.2, -0.15) is 0 Å². The van der Waals surface area contributed by atoms with Crippen LogP contribution in [0.4, 0.5) is 0 Å². The summed E-state index contributed by atoms with van der Waals surface area (Å²) in [6.07, 6.45) is 3.68. The Kier molecular flexibility index (Phi) is 7.23. The highest BCUT2D eigenvalue weighted by Crippen LogP contribution is 2.69. The molecule has 4 heterocycles. The molecule has 4 aliphatic heterocycles. The minimum atomic E-state index is -0.209. The number of benzene rings is 4. The maximum absolute atomic E-state index is 6.18. The Hall–Kier alpha value is -4.72. The van der Waals surface area contributed by atoms with Gasteiger partial charge in [0.1, 0.15) is 0 Å². The van der Waals surface area contributed by atoms with E-state index in [1.54, 1.807) is 0 Å². The first-order valence-corrected chi connectivity index (χ1v) is 16.6. The molecule has 0 bridgehead atoms. The van der Waals surface area contributed by atoms with Crippen LogP contribution < -0.4 is 37.9 Å². The predicted octanol–water partition coefficient (Wildman–Crippen LogP) is 10.2. The van der Waals surface area contributed by atoms with Crippen molar-refractivity contribution in [2.24, 2.45) is 0 Å². The van der Waals surface area contributed by atoms with Crippen LogP contribution in [0.25, 0.3) is 0 Å². The molecule has 0 N–H and O–H groups in total.